The lowest BCUT2D eigenvalue weighted by atomic mass is 10.1. The van der Waals surface area contributed by atoms with Crippen molar-refractivity contribution in [3.8, 4) is 11.5 Å². The maximum absolute atomic E-state index is 12.2. The van der Waals surface area contributed by atoms with Crippen LogP contribution in [0.2, 0.25) is 0 Å². The predicted molar refractivity (Wildman–Crippen MR) is 92.6 cm³/mol. The zero-order valence-corrected chi connectivity index (χ0v) is 14.5. The van der Waals surface area contributed by atoms with E-state index in [1.165, 1.54) is 18.2 Å². The fourth-order valence-electron chi connectivity index (χ4n) is 2.33. The molecule has 2 aromatic carbocycles. The molecule has 140 valence electrons. The van der Waals surface area contributed by atoms with Gasteiger partial charge in [0, 0.05) is 11.8 Å². The molecule has 0 saturated carbocycles. The van der Waals surface area contributed by atoms with E-state index < -0.39 is 12.8 Å². The van der Waals surface area contributed by atoms with E-state index in [0.29, 0.717) is 11.4 Å². The SMILES string of the molecule is Cc1cc(C)cc(OCCC(=O)Nc2cccc(OCC(F)(F)F)c2)c1. The van der Waals surface area contributed by atoms with Gasteiger partial charge in [0.05, 0.1) is 13.0 Å². The van der Waals surface area contributed by atoms with Gasteiger partial charge in [0.1, 0.15) is 11.5 Å². The number of rotatable bonds is 7. The van der Waals surface area contributed by atoms with Gasteiger partial charge in [-0.3, -0.25) is 4.79 Å². The summed E-state index contributed by atoms with van der Waals surface area (Å²) in [5.41, 5.74) is 2.50. The van der Waals surface area contributed by atoms with Gasteiger partial charge >= 0.3 is 6.18 Å². The Labute approximate surface area is 149 Å². The Morgan fingerprint density at radius 1 is 1.00 bits per heavy atom. The van der Waals surface area contributed by atoms with Gasteiger partial charge < -0.3 is 14.8 Å². The van der Waals surface area contributed by atoms with Crippen LogP contribution in [0, 0.1) is 13.8 Å². The lowest BCUT2D eigenvalue weighted by Gasteiger charge is -2.11. The smallest absolute Gasteiger partial charge is 0.422 e. The number of hydrogen-bond acceptors (Lipinski definition) is 3. The molecular formula is C19H20F3NO3. The van der Waals surface area contributed by atoms with Crippen LogP contribution in [0.1, 0.15) is 17.5 Å². The Balaban J connectivity index is 1.82. The molecule has 26 heavy (non-hydrogen) atoms. The topological polar surface area (TPSA) is 47.6 Å². The van der Waals surface area contributed by atoms with Crippen molar-refractivity contribution in [3.63, 3.8) is 0 Å². The normalized spacial score (nSPS) is 11.1. The van der Waals surface area contributed by atoms with Crippen molar-refractivity contribution in [1.82, 2.24) is 0 Å². The van der Waals surface area contributed by atoms with Crippen LogP contribution in [0.15, 0.2) is 42.5 Å². The van der Waals surface area contributed by atoms with Gasteiger partial charge in [0.15, 0.2) is 6.61 Å². The number of carbonyl (C=O) groups is 1. The lowest BCUT2D eigenvalue weighted by Crippen LogP contribution is -2.19. The minimum atomic E-state index is -4.41. The van der Waals surface area contributed by atoms with Crippen molar-refractivity contribution in [2.24, 2.45) is 0 Å². The van der Waals surface area contributed by atoms with E-state index in [1.54, 1.807) is 6.07 Å². The molecule has 0 aromatic heterocycles. The van der Waals surface area contributed by atoms with Crippen LogP contribution in [0.3, 0.4) is 0 Å². The summed E-state index contributed by atoms with van der Waals surface area (Å²) >= 11 is 0. The summed E-state index contributed by atoms with van der Waals surface area (Å²) in [6.07, 6.45) is -4.30. The number of ether oxygens (including phenoxy) is 2. The van der Waals surface area contributed by atoms with E-state index in [1.807, 2.05) is 32.0 Å². The van der Waals surface area contributed by atoms with Crippen molar-refractivity contribution in [1.29, 1.82) is 0 Å². The monoisotopic (exact) mass is 367 g/mol. The fraction of sp³-hybridized carbons (Fsp3) is 0.316. The zero-order chi connectivity index (χ0) is 19.2. The number of anilines is 1. The first-order valence-electron chi connectivity index (χ1n) is 8.02. The molecule has 0 spiro atoms. The third-order valence-corrected chi connectivity index (χ3v) is 3.31. The summed E-state index contributed by atoms with van der Waals surface area (Å²) in [5, 5.41) is 2.61. The summed E-state index contributed by atoms with van der Waals surface area (Å²) in [7, 11) is 0. The van der Waals surface area contributed by atoms with Gasteiger partial charge in [-0.1, -0.05) is 12.1 Å². The largest absolute Gasteiger partial charge is 0.493 e. The minimum Gasteiger partial charge on any atom is -0.493 e. The van der Waals surface area contributed by atoms with Crippen LogP contribution in [0.4, 0.5) is 18.9 Å². The molecule has 0 bridgehead atoms. The van der Waals surface area contributed by atoms with E-state index in [2.05, 4.69) is 10.1 Å². The van der Waals surface area contributed by atoms with Gasteiger partial charge in [-0.2, -0.15) is 13.2 Å². The Bertz CT molecular complexity index is 740. The highest BCUT2D eigenvalue weighted by Crippen LogP contribution is 2.21. The van der Waals surface area contributed by atoms with E-state index in [4.69, 9.17) is 4.74 Å². The zero-order valence-electron chi connectivity index (χ0n) is 14.5. The van der Waals surface area contributed by atoms with E-state index in [9.17, 15) is 18.0 Å². The van der Waals surface area contributed by atoms with Crippen LogP contribution in [0.25, 0.3) is 0 Å². The van der Waals surface area contributed by atoms with E-state index >= 15 is 0 Å². The molecule has 1 amide bonds. The van der Waals surface area contributed by atoms with Gasteiger partial charge in [-0.25, -0.2) is 0 Å². The average Bonchev–Trinajstić information content (AvgIpc) is 2.52. The number of hydrogen-bond donors (Lipinski definition) is 1. The molecule has 0 atom stereocenters. The quantitative estimate of drug-likeness (QED) is 0.775. The highest BCUT2D eigenvalue weighted by Gasteiger charge is 2.28. The molecule has 0 heterocycles. The number of alkyl halides is 3. The third-order valence-electron chi connectivity index (χ3n) is 3.31. The summed E-state index contributed by atoms with van der Waals surface area (Å²) < 4.78 is 46.7. The molecule has 7 heteroatoms. The van der Waals surface area contributed by atoms with Crippen molar-refractivity contribution >= 4 is 11.6 Å². The van der Waals surface area contributed by atoms with Crippen molar-refractivity contribution in [2.45, 2.75) is 26.4 Å². The second kappa shape index (κ2) is 8.60. The molecule has 2 rings (SSSR count). The van der Waals surface area contributed by atoms with Gasteiger partial charge in [-0.15, -0.1) is 0 Å². The predicted octanol–water partition coefficient (Wildman–Crippen LogP) is 4.65. The van der Waals surface area contributed by atoms with Crippen molar-refractivity contribution in [3.05, 3.63) is 53.6 Å². The average molecular weight is 367 g/mol. The maximum atomic E-state index is 12.2. The van der Waals surface area contributed by atoms with Crippen LogP contribution in [-0.2, 0) is 4.79 Å². The van der Waals surface area contributed by atoms with E-state index in [-0.39, 0.29) is 24.7 Å². The Morgan fingerprint density at radius 3 is 2.35 bits per heavy atom. The molecule has 1 N–H and O–H groups in total. The molecule has 0 radical (unpaired) electrons. The van der Waals surface area contributed by atoms with Crippen molar-refractivity contribution < 1.29 is 27.4 Å². The first-order chi connectivity index (χ1) is 12.2. The molecule has 0 aliphatic heterocycles. The molecule has 2 aromatic rings. The molecule has 0 aliphatic carbocycles. The number of halogens is 3. The maximum Gasteiger partial charge on any atom is 0.422 e. The molecule has 0 aliphatic rings. The second-order valence-corrected chi connectivity index (χ2v) is 5.90. The highest BCUT2D eigenvalue weighted by atomic mass is 19.4. The van der Waals surface area contributed by atoms with Gasteiger partial charge in [0.25, 0.3) is 0 Å². The number of benzene rings is 2. The number of aryl methyl sites for hydroxylation is 2. The van der Waals surface area contributed by atoms with Crippen LogP contribution >= 0.6 is 0 Å². The summed E-state index contributed by atoms with van der Waals surface area (Å²) in [4.78, 5) is 12.0. The first-order valence-corrected chi connectivity index (χ1v) is 8.02. The van der Waals surface area contributed by atoms with E-state index in [0.717, 1.165) is 11.1 Å². The highest BCUT2D eigenvalue weighted by molar-refractivity contribution is 5.90. The molecular weight excluding hydrogens is 347 g/mol. The standard InChI is InChI=1S/C19H20F3NO3/c1-13-8-14(2)10-17(9-13)25-7-6-18(24)23-15-4-3-5-16(11-15)26-12-19(20,21)22/h3-5,8-11H,6-7,12H2,1-2H3,(H,23,24). The Morgan fingerprint density at radius 2 is 1.69 bits per heavy atom. The van der Waals surface area contributed by atoms with Crippen LogP contribution in [0.5, 0.6) is 11.5 Å². The Hall–Kier alpha value is -2.70. The minimum absolute atomic E-state index is 0.0339. The van der Waals surface area contributed by atoms with Crippen molar-refractivity contribution in [2.75, 3.05) is 18.5 Å². The third kappa shape index (κ3) is 7.04. The summed E-state index contributed by atoms with van der Waals surface area (Å²) in [6.45, 7) is 2.73. The fourth-order valence-corrected chi connectivity index (χ4v) is 2.33. The number of carbonyl (C=O) groups excluding carboxylic acids is 1. The molecule has 4 nitrogen and oxygen atoms in total. The molecule has 0 unspecified atom stereocenters. The molecule has 0 fully saturated rings. The molecule has 0 saturated heterocycles. The Kier molecular flexibility index (Phi) is 6.49. The summed E-state index contributed by atoms with van der Waals surface area (Å²) in [6, 6.07) is 11.6. The summed E-state index contributed by atoms with van der Waals surface area (Å²) in [5.74, 6) is 0.423. The van der Waals surface area contributed by atoms with Gasteiger partial charge in [-0.05, 0) is 49.2 Å². The number of amides is 1. The van der Waals surface area contributed by atoms with Gasteiger partial charge in [0.2, 0.25) is 5.91 Å². The van der Waals surface area contributed by atoms with Crippen LogP contribution < -0.4 is 14.8 Å². The number of nitrogens with one attached hydrogen (secondary N) is 1. The first kappa shape index (κ1) is 19.6. The van der Waals surface area contributed by atoms with Crippen LogP contribution in [-0.4, -0.2) is 25.3 Å². The second-order valence-electron chi connectivity index (χ2n) is 5.90. The lowest BCUT2D eigenvalue weighted by molar-refractivity contribution is -0.153.